The Morgan fingerprint density at radius 1 is 1.00 bits per heavy atom. The number of imidazole rings is 1. The SMILES string of the molecule is CCN(CC)C(=O)Cn1c(-c2ccc(C(C)(C)C)cc2)nc2ccccc21. The molecule has 0 N–H and O–H groups in total. The summed E-state index contributed by atoms with van der Waals surface area (Å²) in [4.78, 5) is 19.5. The Balaban J connectivity index is 2.06. The van der Waals surface area contributed by atoms with Gasteiger partial charge in [-0.3, -0.25) is 4.79 Å². The van der Waals surface area contributed by atoms with Gasteiger partial charge in [-0.2, -0.15) is 0 Å². The molecule has 0 bridgehead atoms. The smallest absolute Gasteiger partial charge is 0.242 e. The molecule has 0 saturated heterocycles. The van der Waals surface area contributed by atoms with Crippen LogP contribution in [0.3, 0.4) is 0 Å². The fourth-order valence-electron chi connectivity index (χ4n) is 3.39. The van der Waals surface area contributed by atoms with Gasteiger partial charge in [0.05, 0.1) is 11.0 Å². The van der Waals surface area contributed by atoms with Gasteiger partial charge in [0.1, 0.15) is 12.4 Å². The minimum atomic E-state index is 0.109. The largest absolute Gasteiger partial charge is 0.342 e. The van der Waals surface area contributed by atoms with Crippen molar-refractivity contribution >= 4 is 16.9 Å². The third-order valence-corrected chi connectivity index (χ3v) is 5.07. The maximum atomic E-state index is 12.8. The molecule has 142 valence electrons. The molecular formula is C23H29N3O. The molecule has 2 aromatic carbocycles. The Hall–Kier alpha value is -2.62. The monoisotopic (exact) mass is 363 g/mol. The minimum Gasteiger partial charge on any atom is -0.342 e. The molecule has 4 nitrogen and oxygen atoms in total. The summed E-state index contributed by atoms with van der Waals surface area (Å²) < 4.78 is 2.04. The second kappa shape index (κ2) is 7.55. The summed E-state index contributed by atoms with van der Waals surface area (Å²) in [6.07, 6.45) is 0. The van der Waals surface area contributed by atoms with Crippen LogP contribution in [0, 0.1) is 0 Å². The Bertz CT molecular complexity index is 928. The number of nitrogens with zero attached hydrogens (tertiary/aromatic N) is 3. The summed E-state index contributed by atoms with van der Waals surface area (Å²) in [6.45, 7) is 12.4. The van der Waals surface area contributed by atoms with Crippen molar-refractivity contribution in [3.63, 3.8) is 0 Å². The van der Waals surface area contributed by atoms with Crippen LogP contribution in [0.1, 0.15) is 40.2 Å². The molecule has 0 aliphatic heterocycles. The second-order valence-electron chi connectivity index (χ2n) is 7.90. The maximum Gasteiger partial charge on any atom is 0.242 e. The van der Waals surface area contributed by atoms with E-state index in [0.717, 1.165) is 35.5 Å². The first-order valence-electron chi connectivity index (χ1n) is 9.69. The third-order valence-electron chi connectivity index (χ3n) is 5.07. The van der Waals surface area contributed by atoms with E-state index in [9.17, 15) is 4.79 Å². The van der Waals surface area contributed by atoms with E-state index in [1.54, 1.807) is 0 Å². The molecule has 0 atom stereocenters. The van der Waals surface area contributed by atoms with Crippen LogP contribution in [-0.2, 0) is 16.8 Å². The van der Waals surface area contributed by atoms with Gasteiger partial charge < -0.3 is 9.47 Å². The number of para-hydroxylation sites is 2. The first-order valence-corrected chi connectivity index (χ1v) is 9.69. The van der Waals surface area contributed by atoms with Crippen LogP contribution in [-0.4, -0.2) is 33.4 Å². The molecule has 0 radical (unpaired) electrons. The topological polar surface area (TPSA) is 38.1 Å². The van der Waals surface area contributed by atoms with E-state index in [4.69, 9.17) is 4.98 Å². The summed E-state index contributed by atoms with van der Waals surface area (Å²) in [5.74, 6) is 0.966. The molecular weight excluding hydrogens is 334 g/mol. The van der Waals surface area contributed by atoms with E-state index in [1.807, 2.05) is 47.6 Å². The van der Waals surface area contributed by atoms with Gasteiger partial charge in [0.15, 0.2) is 0 Å². The molecule has 3 rings (SSSR count). The normalized spacial score (nSPS) is 11.7. The zero-order valence-corrected chi connectivity index (χ0v) is 17.0. The molecule has 1 aromatic heterocycles. The first-order chi connectivity index (χ1) is 12.8. The highest BCUT2D eigenvalue weighted by Gasteiger charge is 2.19. The highest BCUT2D eigenvalue weighted by Crippen LogP contribution is 2.28. The summed E-state index contributed by atoms with van der Waals surface area (Å²) in [7, 11) is 0. The van der Waals surface area contributed by atoms with E-state index in [-0.39, 0.29) is 11.3 Å². The molecule has 0 aliphatic rings. The predicted octanol–water partition coefficient (Wildman–Crippen LogP) is 4.87. The highest BCUT2D eigenvalue weighted by molar-refractivity contribution is 5.84. The van der Waals surface area contributed by atoms with Gasteiger partial charge in [-0.1, -0.05) is 57.2 Å². The lowest BCUT2D eigenvalue weighted by Crippen LogP contribution is -2.33. The molecule has 0 aliphatic carbocycles. The molecule has 0 spiro atoms. The van der Waals surface area contributed by atoms with E-state index >= 15 is 0 Å². The van der Waals surface area contributed by atoms with Crippen molar-refractivity contribution in [1.29, 1.82) is 0 Å². The van der Waals surface area contributed by atoms with Crippen LogP contribution >= 0.6 is 0 Å². The molecule has 1 amide bonds. The third kappa shape index (κ3) is 3.90. The lowest BCUT2D eigenvalue weighted by molar-refractivity contribution is -0.131. The number of hydrogen-bond acceptors (Lipinski definition) is 2. The van der Waals surface area contributed by atoms with Crippen LogP contribution in [0.4, 0.5) is 0 Å². The molecule has 0 saturated carbocycles. The number of benzene rings is 2. The number of aromatic nitrogens is 2. The first kappa shape index (κ1) is 19.2. The number of amides is 1. The number of carbonyl (C=O) groups excluding carboxylic acids is 1. The molecule has 27 heavy (non-hydrogen) atoms. The molecule has 1 heterocycles. The van der Waals surface area contributed by atoms with Crippen molar-refractivity contribution < 1.29 is 4.79 Å². The van der Waals surface area contributed by atoms with Gasteiger partial charge in [0.25, 0.3) is 0 Å². The fraction of sp³-hybridized carbons (Fsp3) is 0.391. The Morgan fingerprint density at radius 3 is 2.22 bits per heavy atom. The lowest BCUT2D eigenvalue weighted by Gasteiger charge is -2.20. The maximum absolute atomic E-state index is 12.8. The summed E-state index contributed by atoms with van der Waals surface area (Å²) in [6, 6.07) is 16.6. The van der Waals surface area contributed by atoms with E-state index in [1.165, 1.54) is 5.56 Å². The van der Waals surface area contributed by atoms with Crippen molar-refractivity contribution in [3.8, 4) is 11.4 Å². The van der Waals surface area contributed by atoms with Crippen LogP contribution in [0.5, 0.6) is 0 Å². The van der Waals surface area contributed by atoms with Gasteiger partial charge in [0, 0.05) is 18.7 Å². The molecule has 0 fully saturated rings. The minimum absolute atomic E-state index is 0.109. The molecule has 0 unspecified atom stereocenters. The predicted molar refractivity (Wildman–Crippen MR) is 112 cm³/mol. The van der Waals surface area contributed by atoms with Crippen LogP contribution in [0.25, 0.3) is 22.4 Å². The zero-order valence-electron chi connectivity index (χ0n) is 17.0. The van der Waals surface area contributed by atoms with Crippen molar-refractivity contribution in [2.24, 2.45) is 0 Å². The summed E-state index contributed by atoms with van der Waals surface area (Å²) in [5, 5.41) is 0. The summed E-state index contributed by atoms with van der Waals surface area (Å²) in [5.41, 5.74) is 4.34. The van der Waals surface area contributed by atoms with Gasteiger partial charge in [-0.05, 0) is 37.0 Å². The van der Waals surface area contributed by atoms with Gasteiger partial charge in [-0.25, -0.2) is 4.98 Å². The zero-order chi connectivity index (χ0) is 19.6. The molecule has 4 heteroatoms. The van der Waals surface area contributed by atoms with Crippen molar-refractivity contribution in [2.45, 2.75) is 46.6 Å². The van der Waals surface area contributed by atoms with Crippen molar-refractivity contribution in [3.05, 3.63) is 54.1 Å². The van der Waals surface area contributed by atoms with Crippen LogP contribution < -0.4 is 0 Å². The summed E-state index contributed by atoms with van der Waals surface area (Å²) >= 11 is 0. The van der Waals surface area contributed by atoms with E-state index < -0.39 is 0 Å². The van der Waals surface area contributed by atoms with Gasteiger partial charge >= 0.3 is 0 Å². The van der Waals surface area contributed by atoms with Crippen LogP contribution in [0.2, 0.25) is 0 Å². The van der Waals surface area contributed by atoms with E-state index in [2.05, 4.69) is 45.0 Å². The Labute approximate surface area is 161 Å². The standard InChI is InChI=1S/C23H29N3O/c1-6-25(7-2)21(27)16-26-20-11-9-8-10-19(20)24-22(26)17-12-14-18(15-13-17)23(3,4)5/h8-15H,6-7,16H2,1-5H3. The second-order valence-corrected chi connectivity index (χ2v) is 7.90. The van der Waals surface area contributed by atoms with Crippen LogP contribution in [0.15, 0.2) is 48.5 Å². The number of hydrogen-bond donors (Lipinski definition) is 0. The molecule has 3 aromatic rings. The van der Waals surface area contributed by atoms with Gasteiger partial charge in [-0.15, -0.1) is 0 Å². The quantitative estimate of drug-likeness (QED) is 0.649. The van der Waals surface area contributed by atoms with Crippen molar-refractivity contribution in [2.75, 3.05) is 13.1 Å². The highest BCUT2D eigenvalue weighted by atomic mass is 16.2. The Kier molecular flexibility index (Phi) is 5.36. The average Bonchev–Trinajstić information content (AvgIpc) is 3.01. The average molecular weight is 364 g/mol. The van der Waals surface area contributed by atoms with E-state index in [0.29, 0.717) is 6.54 Å². The fourth-order valence-corrected chi connectivity index (χ4v) is 3.39. The lowest BCUT2D eigenvalue weighted by atomic mass is 9.87. The number of rotatable bonds is 5. The van der Waals surface area contributed by atoms with Gasteiger partial charge in [0.2, 0.25) is 5.91 Å². The van der Waals surface area contributed by atoms with Crippen molar-refractivity contribution in [1.82, 2.24) is 14.5 Å². The number of likely N-dealkylation sites (N-methyl/N-ethyl adjacent to an activating group) is 1. The number of fused-ring (bicyclic) bond motifs is 1. The Morgan fingerprint density at radius 2 is 1.63 bits per heavy atom. The number of carbonyl (C=O) groups is 1.